The number of rotatable bonds is 4. The number of para-hydroxylation sites is 1. The summed E-state index contributed by atoms with van der Waals surface area (Å²) in [5, 5.41) is 4.60. The summed E-state index contributed by atoms with van der Waals surface area (Å²) in [4.78, 5) is 3.25. The van der Waals surface area contributed by atoms with Gasteiger partial charge in [-0.3, -0.25) is 0 Å². The van der Waals surface area contributed by atoms with Crippen molar-refractivity contribution in [3.8, 4) is 0 Å². The number of aromatic amines is 1. The molecular formula is C20H20F2N2. The molecule has 4 rings (SSSR count). The third-order valence-electron chi connectivity index (χ3n) is 4.93. The molecule has 0 aliphatic heterocycles. The Morgan fingerprint density at radius 2 is 1.92 bits per heavy atom. The summed E-state index contributed by atoms with van der Waals surface area (Å²) < 4.78 is 26.8. The maximum Gasteiger partial charge on any atom is 0.147 e. The van der Waals surface area contributed by atoms with E-state index in [0.717, 1.165) is 43.2 Å². The van der Waals surface area contributed by atoms with E-state index in [2.05, 4.69) is 10.3 Å². The number of aryl methyl sites for hydroxylation is 1. The van der Waals surface area contributed by atoms with E-state index < -0.39 is 0 Å². The third kappa shape index (κ3) is 2.94. The highest BCUT2D eigenvalue weighted by atomic mass is 19.1. The number of nitrogens with one attached hydrogen (secondary N) is 2. The molecule has 2 N–H and O–H groups in total. The van der Waals surface area contributed by atoms with Gasteiger partial charge in [-0.1, -0.05) is 24.3 Å². The van der Waals surface area contributed by atoms with Crippen LogP contribution >= 0.6 is 0 Å². The quantitative estimate of drug-likeness (QED) is 0.741. The van der Waals surface area contributed by atoms with Gasteiger partial charge < -0.3 is 10.3 Å². The lowest BCUT2D eigenvalue weighted by Gasteiger charge is -2.23. The number of hydrogen-bond donors (Lipinski definition) is 2. The predicted octanol–water partition coefficient (Wildman–Crippen LogP) is 4.14. The Morgan fingerprint density at radius 1 is 1.08 bits per heavy atom. The topological polar surface area (TPSA) is 27.8 Å². The van der Waals surface area contributed by atoms with E-state index in [9.17, 15) is 8.78 Å². The van der Waals surface area contributed by atoms with E-state index in [1.54, 1.807) is 6.07 Å². The fraction of sp³-hybridized carbons (Fsp3) is 0.300. The summed E-state index contributed by atoms with van der Waals surface area (Å²) in [5.74, 6) is -0.374. The number of H-pyrrole nitrogens is 1. The lowest BCUT2D eigenvalue weighted by Crippen LogP contribution is -2.35. The van der Waals surface area contributed by atoms with Gasteiger partial charge in [0.2, 0.25) is 0 Å². The monoisotopic (exact) mass is 326 g/mol. The van der Waals surface area contributed by atoms with Crippen LogP contribution < -0.4 is 5.32 Å². The van der Waals surface area contributed by atoms with Crippen LogP contribution in [-0.2, 0) is 19.3 Å². The molecule has 2 nitrogen and oxygen atoms in total. The van der Waals surface area contributed by atoms with Crippen LogP contribution in [0.4, 0.5) is 8.78 Å². The van der Waals surface area contributed by atoms with Gasteiger partial charge in [-0.2, -0.15) is 0 Å². The van der Waals surface area contributed by atoms with Crippen molar-refractivity contribution in [1.82, 2.24) is 10.3 Å². The van der Waals surface area contributed by atoms with E-state index in [1.165, 1.54) is 29.5 Å². The minimum Gasteiger partial charge on any atom is -0.356 e. The average Bonchev–Trinajstić information content (AvgIpc) is 2.96. The standard InChI is InChI=1S/C20H20F2N2/c21-14-6-4-13(5-7-14)10-11-23-15-8-9-19-17(12-15)16-2-1-3-18(22)20(16)24-19/h1-7,15,23-24H,8-12H2. The summed E-state index contributed by atoms with van der Waals surface area (Å²) in [5.41, 5.74) is 4.19. The SMILES string of the molecule is Fc1ccc(CCNC2CCc3[nH]c4c(F)cccc4c3C2)cc1. The molecule has 0 amide bonds. The lowest BCUT2D eigenvalue weighted by atomic mass is 9.91. The first-order valence-electron chi connectivity index (χ1n) is 8.46. The van der Waals surface area contributed by atoms with E-state index in [4.69, 9.17) is 0 Å². The van der Waals surface area contributed by atoms with Gasteiger partial charge in [0.1, 0.15) is 11.6 Å². The van der Waals surface area contributed by atoms with E-state index in [1.807, 2.05) is 18.2 Å². The van der Waals surface area contributed by atoms with Crippen LogP contribution in [0.3, 0.4) is 0 Å². The average molecular weight is 326 g/mol. The smallest absolute Gasteiger partial charge is 0.147 e. The highest BCUT2D eigenvalue weighted by Gasteiger charge is 2.22. The number of aromatic nitrogens is 1. The fourth-order valence-electron chi connectivity index (χ4n) is 3.65. The van der Waals surface area contributed by atoms with Crippen LogP contribution in [0, 0.1) is 11.6 Å². The molecule has 4 heteroatoms. The van der Waals surface area contributed by atoms with E-state index in [0.29, 0.717) is 11.6 Å². The zero-order valence-corrected chi connectivity index (χ0v) is 13.4. The molecule has 0 spiro atoms. The molecule has 3 aromatic rings. The second kappa shape index (κ2) is 6.36. The fourth-order valence-corrected chi connectivity index (χ4v) is 3.65. The van der Waals surface area contributed by atoms with Gasteiger partial charge in [-0.05, 0) is 61.6 Å². The summed E-state index contributed by atoms with van der Waals surface area (Å²) in [6.45, 7) is 0.863. The predicted molar refractivity (Wildman–Crippen MR) is 92.2 cm³/mol. The van der Waals surface area contributed by atoms with Gasteiger partial charge in [0.15, 0.2) is 0 Å². The molecule has 1 aliphatic rings. The number of halogens is 2. The van der Waals surface area contributed by atoms with Crippen molar-refractivity contribution in [2.45, 2.75) is 31.7 Å². The molecule has 0 fully saturated rings. The van der Waals surface area contributed by atoms with Gasteiger partial charge in [0, 0.05) is 17.1 Å². The van der Waals surface area contributed by atoms with Crippen LogP contribution in [-0.4, -0.2) is 17.6 Å². The molecule has 1 heterocycles. The lowest BCUT2D eigenvalue weighted by molar-refractivity contribution is 0.460. The first-order valence-corrected chi connectivity index (χ1v) is 8.46. The minimum absolute atomic E-state index is 0.178. The maximum absolute atomic E-state index is 13.9. The third-order valence-corrected chi connectivity index (χ3v) is 4.93. The van der Waals surface area contributed by atoms with Crippen molar-refractivity contribution < 1.29 is 8.78 Å². The van der Waals surface area contributed by atoms with Gasteiger partial charge >= 0.3 is 0 Å². The Morgan fingerprint density at radius 3 is 2.75 bits per heavy atom. The molecule has 1 unspecified atom stereocenters. The van der Waals surface area contributed by atoms with Crippen LogP contribution in [0.25, 0.3) is 10.9 Å². The molecule has 1 atom stereocenters. The van der Waals surface area contributed by atoms with Crippen molar-refractivity contribution in [3.05, 3.63) is 70.9 Å². The molecule has 1 aromatic heterocycles. The second-order valence-corrected chi connectivity index (χ2v) is 6.51. The van der Waals surface area contributed by atoms with E-state index >= 15 is 0 Å². The van der Waals surface area contributed by atoms with Crippen molar-refractivity contribution in [2.24, 2.45) is 0 Å². The summed E-state index contributed by atoms with van der Waals surface area (Å²) in [6.07, 6.45) is 3.79. The molecule has 1 aliphatic carbocycles. The molecule has 24 heavy (non-hydrogen) atoms. The van der Waals surface area contributed by atoms with E-state index in [-0.39, 0.29) is 11.6 Å². The van der Waals surface area contributed by atoms with Gasteiger partial charge in [-0.25, -0.2) is 8.78 Å². The summed E-state index contributed by atoms with van der Waals surface area (Å²) >= 11 is 0. The first-order chi connectivity index (χ1) is 11.7. The molecule has 0 saturated heterocycles. The van der Waals surface area contributed by atoms with Crippen LogP contribution in [0.5, 0.6) is 0 Å². The minimum atomic E-state index is -0.196. The van der Waals surface area contributed by atoms with Crippen molar-refractivity contribution >= 4 is 10.9 Å². The van der Waals surface area contributed by atoms with Crippen molar-refractivity contribution in [1.29, 1.82) is 0 Å². The largest absolute Gasteiger partial charge is 0.356 e. The highest BCUT2D eigenvalue weighted by molar-refractivity contribution is 5.85. The second-order valence-electron chi connectivity index (χ2n) is 6.51. The Bertz CT molecular complexity index is 852. The van der Waals surface area contributed by atoms with Crippen LogP contribution in [0.15, 0.2) is 42.5 Å². The summed E-state index contributed by atoms with van der Waals surface area (Å²) in [6, 6.07) is 12.3. The molecule has 124 valence electrons. The molecule has 2 aromatic carbocycles. The van der Waals surface area contributed by atoms with Crippen LogP contribution in [0.2, 0.25) is 0 Å². The number of fused-ring (bicyclic) bond motifs is 3. The molecule has 0 radical (unpaired) electrons. The summed E-state index contributed by atoms with van der Waals surface area (Å²) in [7, 11) is 0. The normalized spacial score (nSPS) is 17.2. The number of benzene rings is 2. The van der Waals surface area contributed by atoms with Crippen molar-refractivity contribution in [2.75, 3.05) is 6.54 Å². The van der Waals surface area contributed by atoms with Crippen LogP contribution in [0.1, 0.15) is 23.2 Å². The van der Waals surface area contributed by atoms with Gasteiger partial charge in [0.05, 0.1) is 5.52 Å². The molecular weight excluding hydrogens is 306 g/mol. The zero-order valence-electron chi connectivity index (χ0n) is 13.4. The maximum atomic E-state index is 13.9. The molecule has 0 saturated carbocycles. The number of hydrogen-bond acceptors (Lipinski definition) is 1. The Kier molecular flexibility index (Phi) is 4.07. The Labute approximate surface area is 139 Å². The zero-order chi connectivity index (χ0) is 16.5. The van der Waals surface area contributed by atoms with Gasteiger partial charge in [-0.15, -0.1) is 0 Å². The highest BCUT2D eigenvalue weighted by Crippen LogP contribution is 2.30. The van der Waals surface area contributed by atoms with Crippen molar-refractivity contribution in [3.63, 3.8) is 0 Å². The molecule has 0 bridgehead atoms. The Hall–Kier alpha value is -2.20. The first kappa shape index (κ1) is 15.3. The Balaban J connectivity index is 1.42. The van der Waals surface area contributed by atoms with Gasteiger partial charge in [0.25, 0.3) is 0 Å².